The highest BCUT2D eigenvalue weighted by atomic mass is 19.1. The molecule has 1 rings (SSSR count). The van der Waals surface area contributed by atoms with E-state index in [1.165, 1.54) is 13.0 Å². The van der Waals surface area contributed by atoms with E-state index in [1.54, 1.807) is 0 Å². The summed E-state index contributed by atoms with van der Waals surface area (Å²) in [6, 6.07) is 1.26. The van der Waals surface area contributed by atoms with Gasteiger partial charge in [0.05, 0.1) is 11.9 Å². The van der Waals surface area contributed by atoms with Gasteiger partial charge in [-0.15, -0.1) is 0 Å². The SMILES string of the molecule is CC(=O)Nc1cc(N)c(F)cn1. The van der Waals surface area contributed by atoms with Crippen LogP contribution in [0.25, 0.3) is 0 Å². The van der Waals surface area contributed by atoms with Crippen molar-refractivity contribution in [3.05, 3.63) is 18.1 Å². The molecule has 0 saturated heterocycles. The number of nitrogens with one attached hydrogen (secondary N) is 1. The van der Waals surface area contributed by atoms with E-state index in [4.69, 9.17) is 5.73 Å². The average molecular weight is 169 g/mol. The second kappa shape index (κ2) is 3.17. The minimum absolute atomic E-state index is 0.0336. The van der Waals surface area contributed by atoms with Crippen molar-refractivity contribution in [2.45, 2.75) is 6.92 Å². The first-order valence-electron chi connectivity index (χ1n) is 3.28. The molecule has 1 heterocycles. The van der Waals surface area contributed by atoms with Crippen LogP contribution >= 0.6 is 0 Å². The van der Waals surface area contributed by atoms with Gasteiger partial charge in [0.2, 0.25) is 5.91 Å². The quantitative estimate of drug-likeness (QED) is 0.652. The van der Waals surface area contributed by atoms with Crippen molar-refractivity contribution in [2.75, 3.05) is 11.1 Å². The number of carbonyl (C=O) groups excluding carboxylic acids is 1. The zero-order valence-electron chi connectivity index (χ0n) is 6.47. The lowest BCUT2D eigenvalue weighted by Gasteiger charge is -2.01. The number of aromatic nitrogens is 1. The normalized spacial score (nSPS) is 9.50. The van der Waals surface area contributed by atoms with E-state index in [9.17, 15) is 9.18 Å². The molecule has 0 spiro atoms. The van der Waals surface area contributed by atoms with Crippen LogP contribution in [0.5, 0.6) is 0 Å². The van der Waals surface area contributed by atoms with Gasteiger partial charge in [0.15, 0.2) is 5.82 Å². The van der Waals surface area contributed by atoms with Crippen LogP contribution in [0.2, 0.25) is 0 Å². The predicted octanol–water partition coefficient (Wildman–Crippen LogP) is 0.761. The maximum absolute atomic E-state index is 12.5. The molecule has 0 fully saturated rings. The molecule has 4 nitrogen and oxygen atoms in total. The predicted molar refractivity (Wildman–Crippen MR) is 42.9 cm³/mol. The zero-order valence-corrected chi connectivity index (χ0v) is 6.47. The van der Waals surface area contributed by atoms with Crippen LogP contribution in [-0.2, 0) is 4.79 Å². The Morgan fingerprint density at radius 1 is 1.75 bits per heavy atom. The summed E-state index contributed by atoms with van der Waals surface area (Å²) in [4.78, 5) is 14.1. The summed E-state index contributed by atoms with van der Waals surface area (Å²) in [5.41, 5.74) is 5.20. The summed E-state index contributed by atoms with van der Waals surface area (Å²) in [6.45, 7) is 1.33. The maximum Gasteiger partial charge on any atom is 0.222 e. The maximum atomic E-state index is 12.5. The molecule has 5 heteroatoms. The molecule has 0 radical (unpaired) electrons. The second-order valence-corrected chi connectivity index (χ2v) is 2.27. The van der Waals surface area contributed by atoms with Gasteiger partial charge in [0.1, 0.15) is 5.82 Å². The van der Waals surface area contributed by atoms with E-state index >= 15 is 0 Å². The van der Waals surface area contributed by atoms with Gasteiger partial charge in [0.25, 0.3) is 0 Å². The number of amides is 1. The van der Waals surface area contributed by atoms with Crippen LogP contribution in [0.1, 0.15) is 6.92 Å². The van der Waals surface area contributed by atoms with Gasteiger partial charge in [-0.25, -0.2) is 9.37 Å². The van der Waals surface area contributed by atoms with Crippen LogP contribution in [0.3, 0.4) is 0 Å². The van der Waals surface area contributed by atoms with Gasteiger partial charge in [0, 0.05) is 13.0 Å². The number of carbonyl (C=O) groups is 1. The van der Waals surface area contributed by atoms with E-state index in [-0.39, 0.29) is 17.4 Å². The van der Waals surface area contributed by atoms with Crippen LogP contribution in [-0.4, -0.2) is 10.9 Å². The lowest BCUT2D eigenvalue weighted by molar-refractivity contribution is -0.114. The summed E-state index contributed by atoms with van der Waals surface area (Å²) in [6.07, 6.45) is 0.959. The molecule has 64 valence electrons. The van der Waals surface area contributed by atoms with Gasteiger partial charge in [-0.3, -0.25) is 4.79 Å². The summed E-state index contributed by atoms with van der Waals surface area (Å²) >= 11 is 0. The van der Waals surface area contributed by atoms with E-state index in [0.29, 0.717) is 0 Å². The van der Waals surface area contributed by atoms with Gasteiger partial charge < -0.3 is 11.1 Å². The Morgan fingerprint density at radius 2 is 2.42 bits per heavy atom. The summed E-state index contributed by atoms with van der Waals surface area (Å²) < 4.78 is 12.5. The van der Waals surface area contributed by atoms with Crippen LogP contribution < -0.4 is 11.1 Å². The summed E-state index contributed by atoms with van der Waals surface area (Å²) in [7, 11) is 0. The van der Waals surface area contributed by atoms with Gasteiger partial charge in [-0.1, -0.05) is 0 Å². The molecular weight excluding hydrogens is 161 g/mol. The van der Waals surface area contributed by atoms with Crippen molar-refractivity contribution in [3.8, 4) is 0 Å². The number of rotatable bonds is 1. The van der Waals surface area contributed by atoms with Crippen LogP contribution in [0.4, 0.5) is 15.9 Å². The fourth-order valence-corrected chi connectivity index (χ4v) is 0.703. The van der Waals surface area contributed by atoms with Crippen LogP contribution in [0, 0.1) is 5.82 Å². The Morgan fingerprint density at radius 3 is 2.92 bits per heavy atom. The van der Waals surface area contributed by atoms with E-state index < -0.39 is 5.82 Å². The fourth-order valence-electron chi connectivity index (χ4n) is 0.703. The number of nitrogens with two attached hydrogens (primary N) is 1. The average Bonchev–Trinajstić information content (AvgIpc) is 1.96. The smallest absolute Gasteiger partial charge is 0.222 e. The molecule has 0 aromatic carbocycles. The third-order valence-corrected chi connectivity index (χ3v) is 1.19. The van der Waals surface area contributed by atoms with E-state index in [1.807, 2.05) is 0 Å². The molecule has 1 aromatic rings. The Labute approximate surface area is 68.6 Å². The minimum atomic E-state index is -0.593. The van der Waals surface area contributed by atoms with Gasteiger partial charge >= 0.3 is 0 Å². The zero-order chi connectivity index (χ0) is 9.14. The standard InChI is InChI=1S/C7H8FN3O/c1-4(12)11-7-2-6(9)5(8)3-10-7/h2-3H,1H3,(H3,9,10,11,12). The third kappa shape index (κ3) is 1.91. The summed E-state index contributed by atoms with van der Waals surface area (Å²) in [5.74, 6) is -0.612. The molecule has 0 aliphatic rings. The summed E-state index contributed by atoms with van der Waals surface area (Å²) in [5, 5.41) is 2.38. The second-order valence-electron chi connectivity index (χ2n) is 2.27. The third-order valence-electron chi connectivity index (χ3n) is 1.19. The molecule has 0 aliphatic carbocycles. The van der Waals surface area contributed by atoms with Gasteiger partial charge in [-0.2, -0.15) is 0 Å². The lowest BCUT2D eigenvalue weighted by Crippen LogP contribution is -2.08. The number of nitrogens with zero attached hydrogens (tertiary/aromatic N) is 1. The topological polar surface area (TPSA) is 68.0 Å². The molecule has 3 N–H and O–H groups in total. The first-order valence-corrected chi connectivity index (χ1v) is 3.28. The number of pyridine rings is 1. The molecule has 0 unspecified atom stereocenters. The van der Waals surface area contributed by atoms with Crippen molar-refractivity contribution >= 4 is 17.4 Å². The Balaban J connectivity index is 2.89. The van der Waals surface area contributed by atoms with E-state index in [0.717, 1.165) is 6.20 Å². The largest absolute Gasteiger partial charge is 0.396 e. The van der Waals surface area contributed by atoms with Crippen LogP contribution in [0.15, 0.2) is 12.3 Å². The number of hydrogen-bond donors (Lipinski definition) is 2. The molecule has 12 heavy (non-hydrogen) atoms. The number of halogens is 1. The molecule has 1 amide bonds. The van der Waals surface area contributed by atoms with Gasteiger partial charge in [-0.05, 0) is 0 Å². The van der Waals surface area contributed by atoms with Crippen molar-refractivity contribution in [3.63, 3.8) is 0 Å². The fraction of sp³-hybridized carbons (Fsp3) is 0.143. The number of hydrogen-bond acceptors (Lipinski definition) is 3. The highest BCUT2D eigenvalue weighted by molar-refractivity contribution is 5.87. The Bertz CT molecular complexity index is 314. The molecule has 0 saturated carbocycles. The van der Waals surface area contributed by atoms with Crippen molar-refractivity contribution in [1.82, 2.24) is 4.98 Å². The van der Waals surface area contributed by atoms with Crippen molar-refractivity contribution in [2.24, 2.45) is 0 Å². The van der Waals surface area contributed by atoms with Crippen molar-refractivity contribution < 1.29 is 9.18 Å². The Hall–Kier alpha value is -1.65. The first-order chi connectivity index (χ1) is 5.59. The molecule has 1 aromatic heterocycles. The minimum Gasteiger partial charge on any atom is -0.396 e. The van der Waals surface area contributed by atoms with E-state index in [2.05, 4.69) is 10.3 Å². The Kier molecular flexibility index (Phi) is 2.23. The molecule has 0 bridgehead atoms. The first kappa shape index (κ1) is 8.45. The molecular formula is C7H8FN3O. The molecule has 0 atom stereocenters. The lowest BCUT2D eigenvalue weighted by atomic mass is 10.4. The van der Waals surface area contributed by atoms with Crippen molar-refractivity contribution in [1.29, 1.82) is 0 Å². The monoisotopic (exact) mass is 169 g/mol. The highest BCUT2D eigenvalue weighted by Gasteiger charge is 2.01. The number of anilines is 2. The highest BCUT2D eigenvalue weighted by Crippen LogP contribution is 2.12. The molecule has 0 aliphatic heterocycles. The number of nitrogen functional groups attached to an aromatic ring is 1.